The molecule has 3 aromatic rings. The molecule has 1 N–H and O–H groups in total. The van der Waals surface area contributed by atoms with E-state index >= 15 is 0 Å². The van der Waals surface area contributed by atoms with Crippen molar-refractivity contribution >= 4 is 11.6 Å². The standard InChI is InChI=1S/C22H23F4N7O2/c1-34-19-10-15(5-7-27-19)32-11-18-17(6-8-31(18)13-32)28-20-29-21(33(30-20)12-22(24,25)26)35-16-4-2-3-14(23)9-16/h2-5,7,9-10,17-18H,6,8,11-13H2,1H3,(H,28,30). The van der Waals surface area contributed by atoms with E-state index in [0.29, 0.717) is 23.8 Å². The number of nitrogens with one attached hydrogen (secondary N) is 1. The van der Waals surface area contributed by atoms with E-state index in [1.807, 2.05) is 12.1 Å². The van der Waals surface area contributed by atoms with E-state index in [1.54, 1.807) is 13.3 Å². The van der Waals surface area contributed by atoms with Gasteiger partial charge in [-0.05, 0) is 24.6 Å². The molecule has 0 amide bonds. The lowest BCUT2D eigenvalue weighted by molar-refractivity contribution is -0.143. The number of rotatable bonds is 7. The normalized spacial score (nSPS) is 20.2. The van der Waals surface area contributed by atoms with Crippen LogP contribution in [0, 0.1) is 5.82 Å². The minimum absolute atomic E-state index is 0.0246. The first kappa shape index (κ1) is 23.1. The molecule has 5 rings (SSSR count). The summed E-state index contributed by atoms with van der Waals surface area (Å²) in [6.07, 6.45) is -2.07. The number of aromatic nitrogens is 4. The molecule has 0 aliphatic carbocycles. The van der Waals surface area contributed by atoms with Crippen LogP contribution >= 0.6 is 0 Å². The molecule has 2 fully saturated rings. The molecule has 9 nitrogen and oxygen atoms in total. The van der Waals surface area contributed by atoms with Crippen molar-refractivity contribution < 1.29 is 27.0 Å². The fourth-order valence-electron chi connectivity index (χ4n) is 4.44. The number of anilines is 2. The Balaban J connectivity index is 1.32. The molecule has 0 spiro atoms. The summed E-state index contributed by atoms with van der Waals surface area (Å²) in [4.78, 5) is 12.8. The van der Waals surface area contributed by atoms with Gasteiger partial charge in [0.1, 0.15) is 18.1 Å². The van der Waals surface area contributed by atoms with Crippen LogP contribution in [0.3, 0.4) is 0 Å². The number of benzene rings is 1. The third kappa shape index (κ3) is 5.24. The smallest absolute Gasteiger partial charge is 0.408 e. The maximum atomic E-state index is 13.5. The van der Waals surface area contributed by atoms with Crippen molar-refractivity contribution in [3.63, 3.8) is 0 Å². The lowest BCUT2D eigenvalue weighted by Gasteiger charge is -2.21. The molecule has 13 heteroatoms. The summed E-state index contributed by atoms with van der Waals surface area (Å²) in [5.74, 6) is -0.00369. The van der Waals surface area contributed by atoms with Gasteiger partial charge < -0.3 is 19.7 Å². The Morgan fingerprint density at radius 1 is 1.20 bits per heavy atom. The van der Waals surface area contributed by atoms with Gasteiger partial charge in [0.25, 0.3) is 0 Å². The zero-order valence-corrected chi connectivity index (χ0v) is 18.7. The second kappa shape index (κ2) is 9.21. The van der Waals surface area contributed by atoms with Crippen LogP contribution in [0.4, 0.5) is 29.2 Å². The highest BCUT2D eigenvalue weighted by molar-refractivity contribution is 5.49. The first-order valence-corrected chi connectivity index (χ1v) is 11.0. The molecule has 2 saturated heterocycles. The van der Waals surface area contributed by atoms with Gasteiger partial charge in [-0.2, -0.15) is 18.2 Å². The van der Waals surface area contributed by atoms with Crippen molar-refractivity contribution in [2.75, 3.05) is 37.1 Å². The van der Waals surface area contributed by atoms with Crippen molar-refractivity contribution in [3.8, 4) is 17.6 Å². The van der Waals surface area contributed by atoms with Crippen molar-refractivity contribution in [2.45, 2.75) is 31.2 Å². The summed E-state index contributed by atoms with van der Waals surface area (Å²) >= 11 is 0. The number of pyridine rings is 1. The predicted molar refractivity (Wildman–Crippen MR) is 118 cm³/mol. The van der Waals surface area contributed by atoms with Gasteiger partial charge in [0.15, 0.2) is 0 Å². The largest absolute Gasteiger partial charge is 0.481 e. The van der Waals surface area contributed by atoms with Crippen LogP contribution in [0.5, 0.6) is 17.6 Å². The van der Waals surface area contributed by atoms with Gasteiger partial charge in [-0.25, -0.2) is 14.1 Å². The first-order valence-electron chi connectivity index (χ1n) is 11.0. The van der Waals surface area contributed by atoms with Crippen LogP contribution in [0.15, 0.2) is 42.6 Å². The summed E-state index contributed by atoms with van der Waals surface area (Å²) in [6.45, 7) is 0.849. The highest BCUT2D eigenvalue weighted by atomic mass is 19.4. The van der Waals surface area contributed by atoms with E-state index < -0.39 is 18.5 Å². The van der Waals surface area contributed by atoms with Gasteiger partial charge in [-0.3, -0.25) is 4.90 Å². The summed E-state index contributed by atoms with van der Waals surface area (Å²) in [7, 11) is 1.56. The molecule has 2 unspecified atom stereocenters. The summed E-state index contributed by atoms with van der Waals surface area (Å²) < 4.78 is 64.1. The highest BCUT2D eigenvalue weighted by Gasteiger charge is 2.41. The molecule has 0 bridgehead atoms. The minimum atomic E-state index is -4.53. The summed E-state index contributed by atoms with van der Waals surface area (Å²) in [5.41, 5.74) is 0.975. The van der Waals surface area contributed by atoms with Crippen LogP contribution < -0.4 is 19.7 Å². The second-order valence-corrected chi connectivity index (χ2v) is 8.39. The van der Waals surface area contributed by atoms with E-state index in [4.69, 9.17) is 9.47 Å². The Morgan fingerprint density at radius 3 is 2.83 bits per heavy atom. The molecule has 1 aromatic carbocycles. The molecular weight excluding hydrogens is 470 g/mol. The van der Waals surface area contributed by atoms with E-state index in [-0.39, 0.29) is 29.8 Å². The average Bonchev–Trinajstić information content (AvgIpc) is 3.49. The summed E-state index contributed by atoms with van der Waals surface area (Å²) in [6, 6.07) is 8.52. The third-order valence-electron chi connectivity index (χ3n) is 6.00. The fraction of sp³-hybridized carbons (Fsp3) is 0.409. The van der Waals surface area contributed by atoms with Gasteiger partial charge in [0, 0.05) is 49.2 Å². The highest BCUT2D eigenvalue weighted by Crippen LogP contribution is 2.32. The molecule has 0 saturated carbocycles. The zero-order valence-electron chi connectivity index (χ0n) is 18.7. The number of ether oxygens (including phenoxy) is 2. The van der Waals surface area contributed by atoms with Gasteiger partial charge in [-0.1, -0.05) is 6.07 Å². The SMILES string of the molecule is COc1cc(N2CC3C(Nc4nc(Oc5cccc(F)c5)n(CC(F)(F)F)n4)CCN3C2)ccn1. The van der Waals surface area contributed by atoms with Gasteiger partial charge in [0.05, 0.1) is 13.8 Å². The summed E-state index contributed by atoms with van der Waals surface area (Å²) in [5, 5.41) is 7.17. The van der Waals surface area contributed by atoms with Crippen LogP contribution in [-0.2, 0) is 6.54 Å². The van der Waals surface area contributed by atoms with Crippen LogP contribution in [0.25, 0.3) is 0 Å². The number of hydrogen-bond acceptors (Lipinski definition) is 8. The molecule has 0 radical (unpaired) electrons. The monoisotopic (exact) mass is 493 g/mol. The maximum absolute atomic E-state index is 13.5. The van der Waals surface area contributed by atoms with E-state index in [1.165, 1.54) is 18.2 Å². The van der Waals surface area contributed by atoms with E-state index in [9.17, 15) is 17.6 Å². The zero-order chi connectivity index (χ0) is 24.6. The molecular formula is C22H23F4N7O2. The number of nitrogens with zero attached hydrogens (tertiary/aromatic N) is 6. The molecule has 2 atom stereocenters. The Labute approximate surface area is 198 Å². The number of halogens is 4. The number of alkyl halides is 3. The minimum Gasteiger partial charge on any atom is -0.481 e. The van der Waals surface area contributed by atoms with Gasteiger partial charge in [-0.15, -0.1) is 5.10 Å². The Hall–Kier alpha value is -3.61. The molecule has 2 aliphatic heterocycles. The maximum Gasteiger partial charge on any atom is 0.408 e. The van der Waals surface area contributed by atoms with Gasteiger partial charge >= 0.3 is 12.2 Å². The number of fused-ring (bicyclic) bond motifs is 1. The first-order chi connectivity index (χ1) is 16.8. The van der Waals surface area contributed by atoms with Crippen LogP contribution in [0.1, 0.15) is 6.42 Å². The van der Waals surface area contributed by atoms with E-state index in [2.05, 4.69) is 30.2 Å². The van der Waals surface area contributed by atoms with Crippen molar-refractivity contribution in [3.05, 3.63) is 48.4 Å². The number of methoxy groups -OCH3 is 1. The number of hydrogen-bond donors (Lipinski definition) is 1. The quantitative estimate of drug-likeness (QED) is 0.501. The lowest BCUT2D eigenvalue weighted by atomic mass is 10.1. The molecule has 4 heterocycles. The van der Waals surface area contributed by atoms with Crippen molar-refractivity contribution in [2.24, 2.45) is 0 Å². The van der Waals surface area contributed by atoms with Gasteiger partial charge in [0.2, 0.25) is 11.8 Å². The molecule has 35 heavy (non-hydrogen) atoms. The van der Waals surface area contributed by atoms with Crippen molar-refractivity contribution in [1.82, 2.24) is 24.6 Å². The average molecular weight is 493 g/mol. The Kier molecular flexibility index (Phi) is 6.09. The second-order valence-electron chi connectivity index (χ2n) is 8.39. The Morgan fingerprint density at radius 2 is 2.06 bits per heavy atom. The lowest BCUT2D eigenvalue weighted by Crippen LogP contribution is -2.36. The predicted octanol–water partition coefficient (Wildman–Crippen LogP) is 3.51. The molecule has 2 aromatic heterocycles. The Bertz CT molecular complexity index is 1190. The molecule has 186 valence electrons. The van der Waals surface area contributed by atoms with E-state index in [0.717, 1.165) is 24.7 Å². The fourth-order valence-corrected chi connectivity index (χ4v) is 4.44. The third-order valence-corrected chi connectivity index (χ3v) is 6.00. The van der Waals surface area contributed by atoms with Crippen LogP contribution in [0.2, 0.25) is 0 Å². The topological polar surface area (TPSA) is 80.6 Å². The van der Waals surface area contributed by atoms with Crippen LogP contribution in [-0.4, -0.2) is 69.8 Å². The molecule has 2 aliphatic rings. The van der Waals surface area contributed by atoms with Crippen molar-refractivity contribution in [1.29, 1.82) is 0 Å².